The van der Waals surface area contributed by atoms with Crippen LogP contribution in [0.15, 0.2) is 57.9 Å². The van der Waals surface area contributed by atoms with Crippen molar-refractivity contribution in [1.29, 1.82) is 0 Å². The largest absolute Gasteiger partial charge is 0.360 e. The van der Waals surface area contributed by atoms with Gasteiger partial charge in [-0.05, 0) is 40.2 Å². The second-order valence-corrected chi connectivity index (χ2v) is 8.42. The molecule has 0 saturated heterocycles. The van der Waals surface area contributed by atoms with Crippen LogP contribution in [0, 0.1) is 0 Å². The van der Waals surface area contributed by atoms with Gasteiger partial charge in [0, 0.05) is 21.2 Å². The summed E-state index contributed by atoms with van der Waals surface area (Å²) in [6.45, 7) is 3.14. The predicted molar refractivity (Wildman–Crippen MR) is 110 cm³/mol. The smallest absolute Gasteiger partial charge is 0.243 e. The molecule has 0 aliphatic carbocycles. The van der Waals surface area contributed by atoms with E-state index in [4.69, 9.17) is 0 Å². The van der Waals surface area contributed by atoms with Crippen LogP contribution in [-0.4, -0.2) is 36.7 Å². The lowest BCUT2D eigenvalue weighted by molar-refractivity contribution is -0.123. The third-order valence-electron chi connectivity index (χ3n) is 3.94. The number of carbonyl (C=O) groups is 2. The number of amides is 2. The van der Waals surface area contributed by atoms with E-state index in [-0.39, 0.29) is 24.9 Å². The zero-order valence-electron chi connectivity index (χ0n) is 14.4. The first-order valence-corrected chi connectivity index (χ1v) is 10.0. The standard InChI is InChI=1S/C19H20BrN3O2S/c1-13-11-23(16-8-4-5-9-17(16)26-13)12-19(25)21-10-18(24)22-15-7-3-2-6-14(15)20/h2-9,13H,10-12H2,1H3,(H,21,25)(H,22,24)/t13-/m1/s1. The molecule has 2 aromatic carbocycles. The Kier molecular flexibility index (Phi) is 6.21. The zero-order valence-corrected chi connectivity index (χ0v) is 16.8. The summed E-state index contributed by atoms with van der Waals surface area (Å²) in [4.78, 5) is 27.6. The average molecular weight is 434 g/mol. The van der Waals surface area contributed by atoms with Crippen LogP contribution in [0.1, 0.15) is 6.92 Å². The molecule has 1 atom stereocenters. The normalized spacial score (nSPS) is 15.9. The van der Waals surface area contributed by atoms with Crippen LogP contribution >= 0.6 is 27.7 Å². The zero-order chi connectivity index (χ0) is 18.5. The third kappa shape index (κ3) is 4.80. The van der Waals surface area contributed by atoms with Crippen LogP contribution in [0.4, 0.5) is 11.4 Å². The van der Waals surface area contributed by atoms with Gasteiger partial charge in [0.1, 0.15) is 0 Å². The molecule has 1 aliphatic heterocycles. The van der Waals surface area contributed by atoms with Gasteiger partial charge < -0.3 is 15.5 Å². The lowest BCUT2D eigenvalue weighted by Crippen LogP contribution is -2.43. The maximum absolute atomic E-state index is 12.3. The van der Waals surface area contributed by atoms with Crippen molar-refractivity contribution in [2.45, 2.75) is 17.1 Å². The number of thioether (sulfide) groups is 1. The summed E-state index contributed by atoms with van der Waals surface area (Å²) in [5, 5.41) is 5.89. The SMILES string of the molecule is C[C@@H]1CN(CC(=O)NCC(=O)Nc2ccccc2Br)c2ccccc2S1. The highest BCUT2D eigenvalue weighted by molar-refractivity contribution is 9.10. The molecule has 26 heavy (non-hydrogen) atoms. The molecular formula is C19H20BrN3O2S. The van der Waals surface area contributed by atoms with Crippen LogP contribution in [-0.2, 0) is 9.59 Å². The van der Waals surface area contributed by atoms with Crippen molar-refractivity contribution >= 4 is 50.9 Å². The van der Waals surface area contributed by atoms with Gasteiger partial charge in [0.15, 0.2) is 0 Å². The first-order valence-electron chi connectivity index (χ1n) is 8.34. The molecule has 0 radical (unpaired) electrons. The van der Waals surface area contributed by atoms with E-state index in [2.05, 4.69) is 44.5 Å². The van der Waals surface area contributed by atoms with Gasteiger partial charge in [-0.1, -0.05) is 31.2 Å². The maximum Gasteiger partial charge on any atom is 0.243 e. The number of anilines is 2. The maximum atomic E-state index is 12.3. The van der Waals surface area contributed by atoms with Gasteiger partial charge in [-0.2, -0.15) is 0 Å². The fourth-order valence-electron chi connectivity index (χ4n) is 2.80. The molecule has 5 nitrogen and oxygen atoms in total. The summed E-state index contributed by atoms with van der Waals surface area (Å²) in [7, 11) is 0. The van der Waals surface area contributed by atoms with Gasteiger partial charge in [0.25, 0.3) is 0 Å². The predicted octanol–water partition coefficient (Wildman–Crippen LogP) is 3.50. The minimum atomic E-state index is -0.256. The van der Waals surface area contributed by atoms with E-state index in [0.717, 1.165) is 16.7 Å². The highest BCUT2D eigenvalue weighted by atomic mass is 79.9. The lowest BCUT2D eigenvalue weighted by atomic mass is 10.2. The minimum absolute atomic E-state index is 0.0556. The van der Waals surface area contributed by atoms with E-state index < -0.39 is 0 Å². The Labute approximate surface area is 165 Å². The Balaban J connectivity index is 1.53. The summed E-state index contributed by atoms with van der Waals surface area (Å²) in [5.41, 5.74) is 1.76. The number of fused-ring (bicyclic) bond motifs is 1. The minimum Gasteiger partial charge on any atom is -0.360 e. The Morgan fingerprint density at radius 3 is 2.69 bits per heavy atom. The van der Waals surface area contributed by atoms with Crippen LogP contribution in [0.25, 0.3) is 0 Å². The number of nitrogens with one attached hydrogen (secondary N) is 2. The van der Waals surface area contributed by atoms with E-state index in [0.29, 0.717) is 10.9 Å². The Morgan fingerprint density at radius 1 is 1.15 bits per heavy atom. The van der Waals surface area contributed by atoms with Gasteiger partial charge in [-0.15, -0.1) is 11.8 Å². The molecule has 2 N–H and O–H groups in total. The molecule has 3 rings (SSSR count). The molecular weight excluding hydrogens is 414 g/mol. The third-order valence-corrected chi connectivity index (χ3v) is 5.78. The number of rotatable bonds is 5. The van der Waals surface area contributed by atoms with Crippen molar-refractivity contribution in [3.63, 3.8) is 0 Å². The second-order valence-electron chi connectivity index (χ2n) is 6.08. The number of halogens is 1. The molecule has 2 amide bonds. The Morgan fingerprint density at radius 2 is 1.88 bits per heavy atom. The van der Waals surface area contributed by atoms with Gasteiger partial charge in [0.05, 0.1) is 24.5 Å². The Hall–Kier alpha value is -1.99. The molecule has 0 saturated carbocycles. The highest BCUT2D eigenvalue weighted by Crippen LogP contribution is 2.37. The summed E-state index contributed by atoms with van der Waals surface area (Å²) in [6, 6.07) is 15.4. The van der Waals surface area contributed by atoms with Crippen molar-refractivity contribution in [2.75, 3.05) is 29.9 Å². The van der Waals surface area contributed by atoms with Gasteiger partial charge >= 0.3 is 0 Å². The van der Waals surface area contributed by atoms with Crippen LogP contribution in [0.3, 0.4) is 0 Å². The molecule has 0 bridgehead atoms. The molecule has 2 aromatic rings. The van der Waals surface area contributed by atoms with Crippen molar-refractivity contribution < 1.29 is 9.59 Å². The molecule has 0 spiro atoms. The van der Waals surface area contributed by atoms with Crippen LogP contribution in [0.2, 0.25) is 0 Å². The van der Waals surface area contributed by atoms with Gasteiger partial charge in [0.2, 0.25) is 11.8 Å². The van der Waals surface area contributed by atoms with Crippen molar-refractivity contribution in [1.82, 2.24) is 5.32 Å². The second kappa shape index (κ2) is 8.60. The molecule has 0 fully saturated rings. The van der Waals surface area contributed by atoms with E-state index in [1.54, 1.807) is 6.07 Å². The lowest BCUT2D eigenvalue weighted by Gasteiger charge is -2.33. The van der Waals surface area contributed by atoms with Gasteiger partial charge in [-0.3, -0.25) is 9.59 Å². The number of benzene rings is 2. The fourth-order valence-corrected chi connectivity index (χ4v) is 4.34. The highest BCUT2D eigenvalue weighted by Gasteiger charge is 2.23. The molecule has 0 aromatic heterocycles. The quantitative estimate of drug-likeness (QED) is 0.757. The fraction of sp³-hybridized carbons (Fsp3) is 0.263. The first-order chi connectivity index (χ1) is 12.5. The monoisotopic (exact) mass is 433 g/mol. The number of hydrogen-bond donors (Lipinski definition) is 2. The summed E-state index contributed by atoms with van der Waals surface area (Å²) in [5.74, 6) is -0.422. The molecule has 1 aliphatic rings. The number of carbonyl (C=O) groups excluding carboxylic acids is 2. The summed E-state index contributed by atoms with van der Waals surface area (Å²) >= 11 is 5.20. The van der Waals surface area contributed by atoms with E-state index >= 15 is 0 Å². The van der Waals surface area contributed by atoms with Crippen molar-refractivity contribution in [2.24, 2.45) is 0 Å². The average Bonchev–Trinajstić information content (AvgIpc) is 2.62. The number of para-hydroxylation sites is 2. The topological polar surface area (TPSA) is 61.4 Å². The van der Waals surface area contributed by atoms with Crippen LogP contribution < -0.4 is 15.5 Å². The van der Waals surface area contributed by atoms with E-state index in [1.165, 1.54) is 4.90 Å². The molecule has 1 heterocycles. The number of hydrogen-bond acceptors (Lipinski definition) is 4. The van der Waals surface area contributed by atoms with E-state index in [1.807, 2.05) is 48.2 Å². The molecule has 0 unspecified atom stereocenters. The van der Waals surface area contributed by atoms with Gasteiger partial charge in [-0.25, -0.2) is 0 Å². The molecule has 7 heteroatoms. The van der Waals surface area contributed by atoms with E-state index in [9.17, 15) is 9.59 Å². The first kappa shape index (κ1) is 18.8. The summed E-state index contributed by atoms with van der Waals surface area (Å²) in [6.07, 6.45) is 0. The van der Waals surface area contributed by atoms with Crippen LogP contribution in [0.5, 0.6) is 0 Å². The molecule has 136 valence electrons. The van der Waals surface area contributed by atoms with Crippen molar-refractivity contribution in [3.8, 4) is 0 Å². The van der Waals surface area contributed by atoms with Crippen molar-refractivity contribution in [3.05, 3.63) is 53.0 Å². The summed E-state index contributed by atoms with van der Waals surface area (Å²) < 4.78 is 0.802. The number of nitrogens with zero attached hydrogens (tertiary/aromatic N) is 1. The Bertz CT molecular complexity index is 815.